The van der Waals surface area contributed by atoms with Crippen LogP contribution in [0.3, 0.4) is 0 Å². The van der Waals surface area contributed by atoms with Crippen molar-refractivity contribution in [3.05, 3.63) is 70.8 Å². The topological polar surface area (TPSA) is 52.0 Å². The van der Waals surface area contributed by atoms with Crippen molar-refractivity contribution >= 4 is 0 Å². The Kier molecular flexibility index (Phi) is 4.94. The Morgan fingerprint density at radius 1 is 1.00 bits per heavy atom. The average Bonchev–Trinajstić information content (AvgIpc) is 2.43. The highest BCUT2D eigenvalue weighted by Gasteiger charge is 2.20. The zero-order chi connectivity index (χ0) is 14.5. The summed E-state index contributed by atoms with van der Waals surface area (Å²) in [5.74, 6) is 0.204. The Balaban J connectivity index is 2.19. The molecule has 2 aromatic carbocycles. The molecule has 0 saturated carbocycles. The number of nitrogens with two attached hydrogens (primary N) is 2. The highest BCUT2D eigenvalue weighted by atomic mass is 14.7. The number of rotatable bonds is 5. The fourth-order valence-electron chi connectivity index (χ4n) is 2.80. The largest absolute Gasteiger partial charge is 0.330 e. The Morgan fingerprint density at radius 2 is 1.70 bits per heavy atom. The number of hydrogen-bond donors (Lipinski definition) is 2. The minimum Gasteiger partial charge on any atom is -0.330 e. The molecule has 20 heavy (non-hydrogen) atoms. The molecular weight excluding hydrogens is 244 g/mol. The molecule has 2 aromatic rings. The van der Waals surface area contributed by atoms with Gasteiger partial charge in [0.1, 0.15) is 0 Å². The molecule has 2 nitrogen and oxygen atoms in total. The first-order valence-electron chi connectivity index (χ1n) is 7.18. The van der Waals surface area contributed by atoms with Crippen LogP contribution in [0.4, 0.5) is 0 Å². The number of benzene rings is 2. The summed E-state index contributed by atoms with van der Waals surface area (Å²) in [5, 5.41) is 0. The molecule has 0 radical (unpaired) electrons. The first kappa shape index (κ1) is 14.8. The first-order valence-corrected chi connectivity index (χ1v) is 7.18. The number of hydrogen-bond acceptors (Lipinski definition) is 2. The molecule has 0 aliphatic carbocycles. The summed E-state index contributed by atoms with van der Waals surface area (Å²) in [6.45, 7) is 4.83. The van der Waals surface area contributed by atoms with Crippen LogP contribution in [-0.4, -0.2) is 12.6 Å². The monoisotopic (exact) mass is 268 g/mol. The van der Waals surface area contributed by atoms with Crippen molar-refractivity contribution in [2.75, 3.05) is 6.54 Å². The van der Waals surface area contributed by atoms with Crippen LogP contribution < -0.4 is 11.5 Å². The fourth-order valence-corrected chi connectivity index (χ4v) is 2.80. The van der Waals surface area contributed by atoms with E-state index in [0.29, 0.717) is 6.54 Å². The molecule has 0 fully saturated rings. The van der Waals surface area contributed by atoms with Crippen LogP contribution in [0.25, 0.3) is 0 Å². The Bertz CT molecular complexity index is 549. The van der Waals surface area contributed by atoms with E-state index in [9.17, 15) is 0 Å². The first-order chi connectivity index (χ1) is 9.61. The van der Waals surface area contributed by atoms with Gasteiger partial charge in [0.05, 0.1) is 0 Å². The Hall–Kier alpha value is -1.64. The van der Waals surface area contributed by atoms with Gasteiger partial charge < -0.3 is 11.5 Å². The van der Waals surface area contributed by atoms with Gasteiger partial charge in [-0.3, -0.25) is 0 Å². The summed E-state index contributed by atoms with van der Waals surface area (Å²) in [6, 6.07) is 16.9. The molecule has 2 rings (SSSR count). The lowest BCUT2D eigenvalue weighted by Gasteiger charge is -2.25. The van der Waals surface area contributed by atoms with Crippen LogP contribution in [0.1, 0.15) is 28.2 Å². The van der Waals surface area contributed by atoms with Gasteiger partial charge in [0.2, 0.25) is 0 Å². The molecule has 2 heteroatoms. The van der Waals surface area contributed by atoms with E-state index in [1.54, 1.807) is 0 Å². The van der Waals surface area contributed by atoms with Crippen molar-refractivity contribution in [3.8, 4) is 0 Å². The smallest absolute Gasteiger partial charge is 0.0161 e. The van der Waals surface area contributed by atoms with Crippen LogP contribution in [0.15, 0.2) is 48.5 Å². The van der Waals surface area contributed by atoms with Crippen molar-refractivity contribution in [3.63, 3.8) is 0 Å². The highest BCUT2D eigenvalue weighted by Crippen LogP contribution is 2.24. The molecule has 0 saturated heterocycles. The van der Waals surface area contributed by atoms with E-state index in [0.717, 1.165) is 6.42 Å². The molecule has 0 aromatic heterocycles. The van der Waals surface area contributed by atoms with Gasteiger partial charge in [-0.25, -0.2) is 0 Å². The maximum atomic E-state index is 6.42. The van der Waals surface area contributed by atoms with Crippen molar-refractivity contribution < 1.29 is 0 Å². The molecule has 0 amide bonds. The normalized spacial score (nSPS) is 14.0. The van der Waals surface area contributed by atoms with Crippen molar-refractivity contribution in [1.29, 1.82) is 0 Å². The summed E-state index contributed by atoms with van der Waals surface area (Å²) in [6.07, 6.45) is 0.857. The number of aryl methyl sites for hydroxylation is 2. The second-order valence-electron chi connectivity index (χ2n) is 5.56. The fraction of sp³-hybridized carbons (Fsp3) is 0.333. The summed E-state index contributed by atoms with van der Waals surface area (Å²) < 4.78 is 0. The molecular formula is C18H24N2. The lowest BCUT2D eigenvalue weighted by molar-refractivity contribution is 0.533. The van der Waals surface area contributed by atoms with E-state index in [4.69, 9.17) is 11.5 Å². The van der Waals surface area contributed by atoms with E-state index in [1.165, 1.54) is 22.3 Å². The third-order valence-electron chi connectivity index (χ3n) is 3.91. The molecule has 4 N–H and O–H groups in total. The maximum absolute atomic E-state index is 6.42. The van der Waals surface area contributed by atoms with E-state index in [-0.39, 0.29) is 12.0 Å². The van der Waals surface area contributed by atoms with Crippen molar-refractivity contribution in [1.82, 2.24) is 0 Å². The van der Waals surface area contributed by atoms with E-state index in [1.807, 2.05) is 6.07 Å². The van der Waals surface area contributed by atoms with Gasteiger partial charge in [-0.1, -0.05) is 54.1 Å². The average molecular weight is 268 g/mol. The highest BCUT2D eigenvalue weighted by molar-refractivity contribution is 5.34. The molecule has 0 heterocycles. The third kappa shape index (κ3) is 3.47. The van der Waals surface area contributed by atoms with Crippen molar-refractivity contribution in [2.24, 2.45) is 11.5 Å². The summed E-state index contributed by atoms with van der Waals surface area (Å²) in [4.78, 5) is 0. The summed E-state index contributed by atoms with van der Waals surface area (Å²) in [5.41, 5.74) is 17.5. The van der Waals surface area contributed by atoms with Crippen LogP contribution in [0.2, 0.25) is 0 Å². The van der Waals surface area contributed by atoms with E-state index >= 15 is 0 Å². The zero-order valence-electron chi connectivity index (χ0n) is 12.3. The maximum Gasteiger partial charge on any atom is 0.0161 e. The van der Waals surface area contributed by atoms with Gasteiger partial charge in [0.15, 0.2) is 0 Å². The van der Waals surface area contributed by atoms with Crippen LogP contribution in [-0.2, 0) is 6.42 Å². The minimum atomic E-state index is 0.0452. The SMILES string of the molecule is Cc1ccc(C(CN)C(N)Cc2ccccc2)c(C)c1. The Morgan fingerprint density at radius 3 is 2.30 bits per heavy atom. The lowest BCUT2D eigenvalue weighted by atomic mass is 9.85. The van der Waals surface area contributed by atoms with Crippen LogP contribution in [0, 0.1) is 13.8 Å². The molecule has 2 unspecified atom stereocenters. The predicted molar refractivity (Wildman–Crippen MR) is 85.8 cm³/mol. The molecule has 0 bridgehead atoms. The zero-order valence-corrected chi connectivity index (χ0v) is 12.3. The van der Waals surface area contributed by atoms with E-state index in [2.05, 4.69) is 56.3 Å². The van der Waals surface area contributed by atoms with E-state index < -0.39 is 0 Å². The summed E-state index contributed by atoms with van der Waals surface area (Å²) in [7, 11) is 0. The minimum absolute atomic E-state index is 0.0452. The van der Waals surface area contributed by atoms with Gasteiger partial charge in [-0.2, -0.15) is 0 Å². The Labute approximate surface area is 121 Å². The predicted octanol–water partition coefficient (Wildman–Crippen LogP) is 2.92. The van der Waals surface area contributed by atoms with Gasteiger partial charge in [-0.15, -0.1) is 0 Å². The quantitative estimate of drug-likeness (QED) is 0.876. The molecule has 0 spiro atoms. The van der Waals surface area contributed by atoms with Gasteiger partial charge >= 0.3 is 0 Å². The van der Waals surface area contributed by atoms with Crippen LogP contribution >= 0.6 is 0 Å². The van der Waals surface area contributed by atoms with Crippen molar-refractivity contribution in [2.45, 2.75) is 32.2 Å². The molecule has 106 valence electrons. The lowest BCUT2D eigenvalue weighted by Crippen LogP contribution is -2.35. The summed E-state index contributed by atoms with van der Waals surface area (Å²) >= 11 is 0. The second-order valence-corrected chi connectivity index (χ2v) is 5.56. The van der Waals surface area contributed by atoms with Gasteiger partial charge in [-0.05, 0) is 37.0 Å². The molecule has 2 atom stereocenters. The van der Waals surface area contributed by atoms with Gasteiger partial charge in [0.25, 0.3) is 0 Å². The molecule has 0 aliphatic rings. The van der Waals surface area contributed by atoms with Gasteiger partial charge in [0, 0.05) is 18.5 Å². The standard InChI is InChI=1S/C18H24N2/c1-13-8-9-16(14(2)10-13)17(12-19)18(20)11-15-6-4-3-5-7-15/h3-10,17-18H,11-12,19-20H2,1-2H3. The second kappa shape index (κ2) is 6.69. The molecule has 0 aliphatic heterocycles. The third-order valence-corrected chi connectivity index (χ3v) is 3.91. The van der Waals surface area contributed by atoms with Crippen LogP contribution in [0.5, 0.6) is 0 Å².